The number of quaternary nitrogens is 1. The zero-order chi connectivity index (χ0) is 37.9. The van der Waals surface area contributed by atoms with Crippen molar-refractivity contribution in [2.75, 3.05) is 47.5 Å². The zero-order valence-electron chi connectivity index (χ0n) is 34.1. The maximum absolute atomic E-state index is 12.2. The quantitative estimate of drug-likeness (QED) is 0.0264. The second-order valence-electron chi connectivity index (χ2n) is 15.8. The SMILES string of the molecule is CCCCCCCCCCCCCCCCCCCCCCCCCCCCCCC(=O)OC[C@H](COP(=O)([O-])OCC[N+](C)(C)C)OC(C)=O. The van der Waals surface area contributed by atoms with Gasteiger partial charge in [0.05, 0.1) is 27.7 Å². The fourth-order valence-electron chi connectivity index (χ4n) is 6.19. The Morgan fingerprint density at radius 1 is 0.569 bits per heavy atom. The number of hydrogen-bond acceptors (Lipinski definition) is 8. The Morgan fingerprint density at radius 3 is 1.25 bits per heavy atom. The van der Waals surface area contributed by atoms with Gasteiger partial charge in [0.1, 0.15) is 19.8 Å². The van der Waals surface area contributed by atoms with Crippen LogP contribution in [0.25, 0.3) is 0 Å². The third-order valence-corrected chi connectivity index (χ3v) is 10.4. The standard InChI is InChI=1S/C41H82NO8P/c1-6-7-8-9-10-11-12-13-14-15-16-17-18-19-20-21-22-23-24-25-26-27-28-29-30-31-32-33-34-41(44)47-37-40(50-39(2)43)38-49-51(45,46)48-36-35-42(3,4)5/h40H,6-38H2,1-5H3/t40-/m1/s1. The molecule has 9 nitrogen and oxygen atoms in total. The van der Waals surface area contributed by atoms with Crippen LogP contribution < -0.4 is 4.89 Å². The van der Waals surface area contributed by atoms with Crippen LogP contribution in [-0.4, -0.2) is 70.0 Å². The molecule has 0 aliphatic heterocycles. The molecule has 2 atom stereocenters. The van der Waals surface area contributed by atoms with Crippen LogP contribution >= 0.6 is 7.82 Å². The van der Waals surface area contributed by atoms with E-state index < -0.39 is 32.5 Å². The van der Waals surface area contributed by atoms with Gasteiger partial charge >= 0.3 is 11.9 Å². The predicted molar refractivity (Wildman–Crippen MR) is 208 cm³/mol. The minimum absolute atomic E-state index is 0.0306. The van der Waals surface area contributed by atoms with Crippen molar-refractivity contribution >= 4 is 19.8 Å². The third kappa shape index (κ3) is 40.0. The molecule has 0 heterocycles. The lowest BCUT2D eigenvalue weighted by Crippen LogP contribution is -2.37. The van der Waals surface area contributed by atoms with Crippen LogP contribution in [0.4, 0.5) is 0 Å². The number of phosphoric ester groups is 1. The summed E-state index contributed by atoms with van der Waals surface area (Å²) in [5, 5.41) is 0. The second-order valence-corrected chi connectivity index (χ2v) is 17.2. The molecule has 0 aromatic rings. The van der Waals surface area contributed by atoms with E-state index in [1.165, 1.54) is 167 Å². The summed E-state index contributed by atoms with van der Waals surface area (Å²) >= 11 is 0. The summed E-state index contributed by atoms with van der Waals surface area (Å²) in [6.07, 6.45) is 37.0. The minimum atomic E-state index is -4.57. The molecule has 0 rings (SSSR count). The fourth-order valence-corrected chi connectivity index (χ4v) is 6.91. The summed E-state index contributed by atoms with van der Waals surface area (Å²) in [6.45, 7) is 3.19. The van der Waals surface area contributed by atoms with Crippen molar-refractivity contribution in [3.05, 3.63) is 0 Å². The van der Waals surface area contributed by atoms with Gasteiger partial charge in [-0.25, -0.2) is 0 Å². The molecule has 0 N–H and O–H groups in total. The third-order valence-electron chi connectivity index (χ3n) is 9.43. The van der Waals surface area contributed by atoms with Gasteiger partial charge in [-0.05, 0) is 6.42 Å². The van der Waals surface area contributed by atoms with Gasteiger partial charge in [0.2, 0.25) is 0 Å². The average molecular weight is 748 g/mol. The molecule has 1 unspecified atom stereocenters. The van der Waals surface area contributed by atoms with Crippen molar-refractivity contribution in [1.82, 2.24) is 0 Å². The summed E-state index contributed by atoms with van der Waals surface area (Å²) < 4.78 is 32.6. The summed E-state index contributed by atoms with van der Waals surface area (Å²) in [5.41, 5.74) is 0. The van der Waals surface area contributed by atoms with Crippen molar-refractivity contribution in [2.45, 2.75) is 206 Å². The molecule has 0 aliphatic carbocycles. The van der Waals surface area contributed by atoms with E-state index in [4.69, 9.17) is 18.5 Å². The molecule has 0 spiro atoms. The Kier molecular flexibility index (Phi) is 34.1. The summed E-state index contributed by atoms with van der Waals surface area (Å²) in [6, 6.07) is 0. The first-order valence-electron chi connectivity index (χ1n) is 21.2. The number of carbonyl (C=O) groups is 2. The Hall–Kier alpha value is -0.990. The highest BCUT2D eigenvalue weighted by Crippen LogP contribution is 2.38. The predicted octanol–water partition coefficient (Wildman–Crippen LogP) is 11.0. The minimum Gasteiger partial charge on any atom is -0.756 e. The topological polar surface area (TPSA) is 111 Å². The van der Waals surface area contributed by atoms with Crippen molar-refractivity contribution in [1.29, 1.82) is 0 Å². The highest BCUT2D eigenvalue weighted by molar-refractivity contribution is 7.45. The van der Waals surface area contributed by atoms with Crippen LogP contribution in [0.3, 0.4) is 0 Å². The molecule has 0 amide bonds. The lowest BCUT2D eigenvalue weighted by molar-refractivity contribution is -0.870. The Balaban J connectivity index is 3.54. The van der Waals surface area contributed by atoms with E-state index in [1.54, 1.807) is 0 Å². The van der Waals surface area contributed by atoms with Crippen molar-refractivity contribution in [2.24, 2.45) is 0 Å². The summed E-state index contributed by atoms with van der Waals surface area (Å²) in [5.74, 6) is -1.02. The molecule has 0 aromatic heterocycles. The van der Waals surface area contributed by atoms with Gasteiger partial charge in [-0.2, -0.15) is 0 Å². The number of phosphoric acid groups is 1. The van der Waals surface area contributed by atoms with Crippen LogP contribution in [0.2, 0.25) is 0 Å². The van der Waals surface area contributed by atoms with Gasteiger partial charge < -0.3 is 27.9 Å². The first-order chi connectivity index (χ1) is 24.4. The van der Waals surface area contributed by atoms with Gasteiger partial charge in [0.15, 0.2) is 6.10 Å². The number of esters is 2. The molecule has 10 heteroatoms. The summed E-state index contributed by atoms with van der Waals surface area (Å²) in [4.78, 5) is 35.6. The molecule has 0 saturated heterocycles. The van der Waals surface area contributed by atoms with E-state index in [2.05, 4.69) is 6.92 Å². The maximum atomic E-state index is 12.2. The average Bonchev–Trinajstić information content (AvgIpc) is 3.06. The van der Waals surface area contributed by atoms with Gasteiger partial charge in [-0.15, -0.1) is 0 Å². The fraction of sp³-hybridized carbons (Fsp3) is 0.951. The smallest absolute Gasteiger partial charge is 0.305 e. The van der Waals surface area contributed by atoms with Gasteiger partial charge in [-0.3, -0.25) is 14.2 Å². The highest BCUT2D eigenvalue weighted by atomic mass is 31.2. The molecule has 0 aliphatic rings. The van der Waals surface area contributed by atoms with Crippen LogP contribution in [0.15, 0.2) is 0 Å². The lowest BCUT2D eigenvalue weighted by Gasteiger charge is -2.28. The molecule has 304 valence electrons. The second kappa shape index (κ2) is 34.8. The largest absolute Gasteiger partial charge is 0.756 e. The van der Waals surface area contributed by atoms with Crippen LogP contribution in [0.1, 0.15) is 200 Å². The molecule has 0 radical (unpaired) electrons. The number of rotatable bonds is 39. The van der Waals surface area contributed by atoms with E-state index >= 15 is 0 Å². The van der Waals surface area contributed by atoms with E-state index in [9.17, 15) is 19.0 Å². The first-order valence-corrected chi connectivity index (χ1v) is 22.6. The number of ether oxygens (including phenoxy) is 2. The van der Waals surface area contributed by atoms with E-state index in [-0.39, 0.29) is 19.6 Å². The van der Waals surface area contributed by atoms with Gasteiger partial charge in [-0.1, -0.05) is 180 Å². The number of hydrogen-bond donors (Lipinski definition) is 0. The van der Waals surface area contributed by atoms with Crippen molar-refractivity contribution in [3.63, 3.8) is 0 Å². The molecule has 0 aromatic carbocycles. The van der Waals surface area contributed by atoms with Gasteiger partial charge in [0, 0.05) is 13.3 Å². The Bertz CT molecular complexity index is 850. The van der Waals surface area contributed by atoms with E-state index in [1.807, 2.05) is 21.1 Å². The number of likely N-dealkylation sites (N-methyl/N-ethyl adjacent to an activating group) is 1. The number of carbonyl (C=O) groups excluding carboxylic acids is 2. The molecule has 0 fully saturated rings. The van der Waals surface area contributed by atoms with Crippen LogP contribution in [0, 0.1) is 0 Å². The van der Waals surface area contributed by atoms with E-state index in [0.29, 0.717) is 11.0 Å². The Labute approximate surface area is 314 Å². The van der Waals surface area contributed by atoms with Crippen molar-refractivity contribution < 1.29 is 42.1 Å². The monoisotopic (exact) mass is 748 g/mol. The molecule has 51 heavy (non-hydrogen) atoms. The highest BCUT2D eigenvalue weighted by Gasteiger charge is 2.20. The molecular formula is C41H82NO8P. The van der Waals surface area contributed by atoms with Crippen molar-refractivity contribution in [3.8, 4) is 0 Å². The molecule has 0 saturated carbocycles. The van der Waals surface area contributed by atoms with E-state index in [0.717, 1.165) is 19.3 Å². The first kappa shape index (κ1) is 50.0. The van der Waals surface area contributed by atoms with Crippen LogP contribution in [-0.2, 0) is 32.7 Å². The lowest BCUT2D eigenvalue weighted by atomic mass is 10.0. The molecular weight excluding hydrogens is 665 g/mol. The maximum Gasteiger partial charge on any atom is 0.305 e. The zero-order valence-corrected chi connectivity index (χ0v) is 35.0. The summed E-state index contributed by atoms with van der Waals surface area (Å²) in [7, 11) is 1.17. The van der Waals surface area contributed by atoms with Crippen LogP contribution in [0.5, 0.6) is 0 Å². The normalized spacial score (nSPS) is 13.6. The Morgan fingerprint density at radius 2 is 0.922 bits per heavy atom. The number of unbranched alkanes of at least 4 members (excludes halogenated alkanes) is 27. The molecule has 0 bridgehead atoms. The van der Waals surface area contributed by atoms with Gasteiger partial charge in [0.25, 0.3) is 7.82 Å². The number of nitrogens with zero attached hydrogens (tertiary/aromatic N) is 1.